The van der Waals surface area contributed by atoms with E-state index in [1.807, 2.05) is 12.1 Å². The highest BCUT2D eigenvalue weighted by atomic mass is 79.9. The fourth-order valence-electron chi connectivity index (χ4n) is 1.69. The van der Waals surface area contributed by atoms with Gasteiger partial charge in [-0.25, -0.2) is 0 Å². The molecule has 19 heavy (non-hydrogen) atoms. The third-order valence-electron chi connectivity index (χ3n) is 2.86. The topological polar surface area (TPSA) is 48.0 Å². The minimum Gasteiger partial charge on any atom is -0.397 e. The summed E-state index contributed by atoms with van der Waals surface area (Å²) in [4.78, 5) is 12.1. The van der Waals surface area contributed by atoms with E-state index < -0.39 is 0 Å². The van der Waals surface area contributed by atoms with Crippen LogP contribution in [0.4, 0.5) is 5.69 Å². The second-order valence-corrected chi connectivity index (χ2v) is 6.31. The number of rotatable bonds is 2. The molecule has 2 aromatic rings. The molecule has 0 saturated heterocycles. The second-order valence-electron chi connectivity index (χ2n) is 4.19. The molecule has 1 aromatic carbocycles. The van der Waals surface area contributed by atoms with E-state index in [4.69, 9.17) is 17.3 Å². The van der Waals surface area contributed by atoms with Crippen LogP contribution in [0.1, 0.15) is 11.1 Å². The van der Waals surface area contributed by atoms with Crippen LogP contribution in [0.2, 0.25) is 5.02 Å². The summed E-state index contributed by atoms with van der Waals surface area (Å²) in [6, 6.07) is 5.57. The van der Waals surface area contributed by atoms with Gasteiger partial charge >= 0.3 is 0 Å². The SMILES string of the molecule is Cc1c(N)cn(Cc2ccc(Br)cc2Cl)c(=O)c1Br. The molecule has 0 amide bonds. The molecule has 0 radical (unpaired) electrons. The number of halogens is 3. The van der Waals surface area contributed by atoms with Gasteiger partial charge in [0.15, 0.2) is 0 Å². The number of aromatic nitrogens is 1. The van der Waals surface area contributed by atoms with Gasteiger partial charge in [0, 0.05) is 15.7 Å². The van der Waals surface area contributed by atoms with Crippen molar-refractivity contribution >= 4 is 49.1 Å². The minimum atomic E-state index is -0.120. The Kier molecular flexibility index (Phi) is 4.38. The highest BCUT2D eigenvalue weighted by molar-refractivity contribution is 9.10. The maximum absolute atomic E-state index is 12.1. The third kappa shape index (κ3) is 3.04. The van der Waals surface area contributed by atoms with E-state index in [-0.39, 0.29) is 5.56 Å². The summed E-state index contributed by atoms with van der Waals surface area (Å²) in [5.74, 6) is 0. The molecule has 3 nitrogen and oxygen atoms in total. The molecule has 0 atom stereocenters. The first kappa shape index (κ1) is 14.6. The molecule has 0 spiro atoms. The summed E-state index contributed by atoms with van der Waals surface area (Å²) in [7, 11) is 0. The average molecular weight is 407 g/mol. The summed E-state index contributed by atoms with van der Waals surface area (Å²) in [6.45, 7) is 2.19. The molecule has 0 bridgehead atoms. The van der Waals surface area contributed by atoms with Gasteiger partial charge in [-0.1, -0.05) is 33.6 Å². The quantitative estimate of drug-likeness (QED) is 0.821. The zero-order valence-electron chi connectivity index (χ0n) is 10.1. The lowest BCUT2D eigenvalue weighted by Crippen LogP contribution is -2.22. The molecule has 0 saturated carbocycles. The molecule has 0 aliphatic heterocycles. The van der Waals surface area contributed by atoms with Crippen molar-refractivity contribution in [1.29, 1.82) is 0 Å². The largest absolute Gasteiger partial charge is 0.397 e. The van der Waals surface area contributed by atoms with E-state index in [1.165, 1.54) is 0 Å². The van der Waals surface area contributed by atoms with Crippen LogP contribution in [-0.4, -0.2) is 4.57 Å². The van der Waals surface area contributed by atoms with E-state index in [1.54, 1.807) is 23.8 Å². The van der Waals surface area contributed by atoms with Crippen molar-refractivity contribution in [2.24, 2.45) is 0 Å². The zero-order valence-corrected chi connectivity index (χ0v) is 14.0. The number of hydrogen-bond donors (Lipinski definition) is 1. The molecule has 2 N–H and O–H groups in total. The Balaban J connectivity index is 2.47. The van der Waals surface area contributed by atoms with Crippen LogP contribution in [0.25, 0.3) is 0 Å². The Morgan fingerprint density at radius 3 is 2.68 bits per heavy atom. The second kappa shape index (κ2) is 5.69. The Labute approximate surface area is 132 Å². The normalized spacial score (nSPS) is 10.7. The van der Waals surface area contributed by atoms with Crippen molar-refractivity contribution in [1.82, 2.24) is 4.57 Å². The lowest BCUT2D eigenvalue weighted by molar-refractivity contribution is 0.754. The average Bonchev–Trinajstić information content (AvgIpc) is 2.36. The minimum absolute atomic E-state index is 0.120. The van der Waals surface area contributed by atoms with Crippen molar-refractivity contribution in [2.45, 2.75) is 13.5 Å². The fraction of sp³-hybridized carbons (Fsp3) is 0.154. The number of nitrogen functional groups attached to an aromatic ring is 1. The predicted molar refractivity (Wildman–Crippen MR) is 85.8 cm³/mol. The van der Waals surface area contributed by atoms with Crippen LogP contribution in [0.3, 0.4) is 0 Å². The maximum atomic E-state index is 12.1. The number of pyridine rings is 1. The van der Waals surface area contributed by atoms with E-state index >= 15 is 0 Å². The summed E-state index contributed by atoms with van der Waals surface area (Å²) in [5, 5.41) is 0.608. The molecule has 1 aromatic heterocycles. The van der Waals surface area contributed by atoms with Gasteiger partial charge in [0.05, 0.1) is 16.7 Å². The number of nitrogens with zero attached hydrogens (tertiary/aromatic N) is 1. The number of anilines is 1. The highest BCUT2D eigenvalue weighted by Crippen LogP contribution is 2.23. The van der Waals surface area contributed by atoms with Crippen molar-refractivity contribution in [2.75, 3.05) is 5.73 Å². The molecule has 0 aliphatic rings. The molecule has 2 rings (SSSR count). The first-order valence-electron chi connectivity index (χ1n) is 5.49. The van der Waals surface area contributed by atoms with Crippen molar-refractivity contribution in [3.63, 3.8) is 0 Å². The lowest BCUT2D eigenvalue weighted by Gasteiger charge is -2.11. The van der Waals surface area contributed by atoms with Gasteiger partial charge in [0.1, 0.15) is 0 Å². The van der Waals surface area contributed by atoms with Crippen LogP contribution >= 0.6 is 43.5 Å². The third-order valence-corrected chi connectivity index (χ3v) is 4.64. The number of benzene rings is 1. The smallest absolute Gasteiger partial charge is 0.265 e. The van der Waals surface area contributed by atoms with Crippen LogP contribution in [-0.2, 0) is 6.54 Å². The van der Waals surface area contributed by atoms with E-state index in [0.717, 1.165) is 15.6 Å². The summed E-state index contributed by atoms with van der Waals surface area (Å²) in [6.07, 6.45) is 1.64. The van der Waals surface area contributed by atoms with Gasteiger partial charge in [-0.05, 0) is 46.1 Å². The van der Waals surface area contributed by atoms with Crippen LogP contribution < -0.4 is 11.3 Å². The Morgan fingerprint density at radius 2 is 2.05 bits per heavy atom. The summed E-state index contributed by atoms with van der Waals surface area (Å²) < 4.78 is 2.93. The van der Waals surface area contributed by atoms with Crippen LogP contribution in [0.15, 0.2) is 38.1 Å². The lowest BCUT2D eigenvalue weighted by atomic mass is 10.2. The van der Waals surface area contributed by atoms with Gasteiger partial charge in [-0.2, -0.15) is 0 Å². The maximum Gasteiger partial charge on any atom is 0.265 e. The fourth-order valence-corrected chi connectivity index (χ4v) is 2.88. The summed E-state index contributed by atoms with van der Waals surface area (Å²) in [5.41, 5.74) is 7.94. The molecule has 0 aliphatic carbocycles. The molecular formula is C13H11Br2ClN2O. The Morgan fingerprint density at radius 1 is 1.37 bits per heavy atom. The van der Waals surface area contributed by atoms with Gasteiger partial charge in [-0.15, -0.1) is 0 Å². The molecule has 6 heteroatoms. The number of hydrogen-bond acceptors (Lipinski definition) is 2. The number of nitrogens with two attached hydrogens (primary N) is 1. The van der Waals surface area contributed by atoms with Crippen molar-refractivity contribution in [3.05, 3.63) is 59.8 Å². The Hall–Kier alpha value is -0.780. The van der Waals surface area contributed by atoms with E-state index in [9.17, 15) is 4.79 Å². The van der Waals surface area contributed by atoms with Crippen LogP contribution in [0, 0.1) is 6.92 Å². The van der Waals surface area contributed by atoms with Gasteiger partial charge in [0.2, 0.25) is 0 Å². The van der Waals surface area contributed by atoms with Crippen molar-refractivity contribution in [3.8, 4) is 0 Å². The van der Waals surface area contributed by atoms with Gasteiger partial charge in [-0.3, -0.25) is 4.79 Å². The molecular weight excluding hydrogens is 395 g/mol. The molecule has 100 valence electrons. The zero-order chi connectivity index (χ0) is 14.2. The standard InChI is InChI=1S/C13H11Br2ClN2O/c1-7-11(17)6-18(13(19)12(7)15)5-8-2-3-9(14)4-10(8)16/h2-4,6H,5,17H2,1H3. The molecule has 0 unspecified atom stereocenters. The first-order chi connectivity index (χ1) is 8.90. The highest BCUT2D eigenvalue weighted by Gasteiger charge is 2.10. The molecule has 0 fully saturated rings. The summed E-state index contributed by atoms with van der Waals surface area (Å²) >= 11 is 12.8. The van der Waals surface area contributed by atoms with E-state index in [0.29, 0.717) is 21.7 Å². The van der Waals surface area contributed by atoms with Crippen LogP contribution in [0.5, 0.6) is 0 Å². The predicted octanol–water partition coefficient (Wildman–Crippen LogP) is 3.97. The van der Waals surface area contributed by atoms with Crippen molar-refractivity contribution < 1.29 is 0 Å². The van der Waals surface area contributed by atoms with Gasteiger partial charge in [0.25, 0.3) is 5.56 Å². The van der Waals surface area contributed by atoms with E-state index in [2.05, 4.69) is 31.9 Å². The molecule has 1 heterocycles. The Bertz CT molecular complexity index is 698. The monoisotopic (exact) mass is 404 g/mol. The first-order valence-corrected chi connectivity index (χ1v) is 7.45. The van der Waals surface area contributed by atoms with Gasteiger partial charge < -0.3 is 10.3 Å².